The highest BCUT2D eigenvalue weighted by molar-refractivity contribution is 9.10. The first-order valence-corrected chi connectivity index (χ1v) is 16.6. The fourth-order valence-electron chi connectivity index (χ4n) is 4.14. The van der Waals surface area contributed by atoms with Crippen LogP contribution < -0.4 is 25.8 Å². The standard InChI is InChI=1S/C18H20BrClN2O2.C16H16BrClN2O2/c1-4-22(24-16-11-14(19)10-15(20)12-16)17(23)21-18(2,3)13-8-6-5-7-9-13;1-16(2,11-6-4-3-5-7-11)19-15(21)20-22-14-9-12(17)8-13(18)10-14/h5-12H,4H2,1-3H3,(H,21,23);3-10H,1-2H3,(H2,19,20,21). The van der Waals surface area contributed by atoms with Crippen LogP contribution in [0.3, 0.4) is 0 Å². The predicted molar refractivity (Wildman–Crippen MR) is 191 cm³/mol. The maximum atomic E-state index is 12.6. The minimum atomic E-state index is -0.524. The van der Waals surface area contributed by atoms with Crippen molar-refractivity contribution in [1.29, 1.82) is 0 Å². The third-order valence-corrected chi connectivity index (χ3v) is 7.85. The number of hydrogen-bond donors (Lipinski definition) is 3. The molecule has 0 aliphatic rings. The Labute approximate surface area is 296 Å². The lowest BCUT2D eigenvalue weighted by atomic mass is 9.95. The maximum Gasteiger partial charge on any atom is 0.351 e. The Kier molecular flexibility index (Phi) is 13.6. The van der Waals surface area contributed by atoms with Crippen LogP contribution in [0.1, 0.15) is 45.7 Å². The second-order valence-electron chi connectivity index (χ2n) is 11.1. The fourth-order valence-corrected chi connectivity index (χ4v) is 5.80. The van der Waals surface area contributed by atoms with Gasteiger partial charge in [0.25, 0.3) is 0 Å². The van der Waals surface area contributed by atoms with Crippen molar-refractivity contribution >= 4 is 67.1 Å². The second kappa shape index (κ2) is 16.9. The van der Waals surface area contributed by atoms with Crippen LogP contribution in [-0.2, 0) is 11.1 Å². The molecule has 4 aromatic rings. The molecule has 4 rings (SSSR count). The predicted octanol–water partition coefficient (Wildman–Crippen LogP) is 9.99. The lowest BCUT2D eigenvalue weighted by Crippen LogP contribution is -2.49. The van der Waals surface area contributed by atoms with Gasteiger partial charge in [-0.3, -0.25) is 0 Å². The van der Waals surface area contributed by atoms with Gasteiger partial charge in [0, 0.05) is 31.1 Å². The van der Waals surface area contributed by atoms with E-state index in [9.17, 15) is 9.59 Å². The van der Waals surface area contributed by atoms with E-state index in [4.69, 9.17) is 32.9 Å². The van der Waals surface area contributed by atoms with E-state index in [0.29, 0.717) is 28.1 Å². The smallest absolute Gasteiger partial charge is 0.351 e. The summed E-state index contributed by atoms with van der Waals surface area (Å²) < 4.78 is 1.55. The van der Waals surface area contributed by atoms with E-state index in [1.54, 1.807) is 36.4 Å². The molecule has 0 atom stereocenters. The zero-order valence-corrected chi connectivity index (χ0v) is 30.7. The highest BCUT2D eigenvalue weighted by Gasteiger charge is 2.26. The minimum absolute atomic E-state index is 0.317. The van der Waals surface area contributed by atoms with Crippen molar-refractivity contribution < 1.29 is 19.3 Å². The summed E-state index contributed by atoms with van der Waals surface area (Å²) in [7, 11) is 0. The van der Waals surface area contributed by atoms with Gasteiger partial charge in [0.1, 0.15) is 0 Å². The van der Waals surface area contributed by atoms with Crippen molar-refractivity contribution in [2.24, 2.45) is 0 Å². The van der Waals surface area contributed by atoms with Gasteiger partial charge in [-0.2, -0.15) is 10.5 Å². The molecule has 46 heavy (non-hydrogen) atoms. The van der Waals surface area contributed by atoms with Crippen molar-refractivity contribution in [1.82, 2.24) is 21.2 Å². The zero-order chi connectivity index (χ0) is 33.9. The largest absolute Gasteiger partial charge is 0.378 e. The Hall–Kier alpha value is -3.44. The van der Waals surface area contributed by atoms with Crippen molar-refractivity contribution in [3.05, 3.63) is 127 Å². The molecular formula is C34H36Br2Cl2N4O4. The number of nitrogens with zero attached hydrogens (tertiary/aromatic N) is 1. The Morgan fingerprint density at radius 3 is 1.65 bits per heavy atom. The molecule has 4 aromatic carbocycles. The van der Waals surface area contributed by atoms with Crippen LogP contribution in [0.15, 0.2) is 106 Å². The first kappa shape index (κ1) is 37.0. The van der Waals surface area contributed by atoms with Gasteiger partial charge in [0.05, 0.1) is 17.6 Å². The van der Waals surface area contributed by atoms with E-state index in [2.05, 4.69) is 48.0 Å². The molecular weight excluding hydrogens is 759 g/mol. The topological polar surface area (TPSA) is 91.9 Å². The maximum absolute atomic E-state index is 12.6. The monoisotopic (exact) mass is 792 g/mol. The minimum Gasteiger partial charge on any atom is -0.378 e. The first-order valence-electron chi connectivity index (χ1n) is 14.2. The Morgan fingerprint density at radius 1 is 0.717 bits per heavy atom. The molecule has 0 aliphatic heterocycles. The van der Waals surface area contributed by atoms with Crippen LogP contribution in [0.5, 0.6) is 11.5 Å². The number of amides is 4. The molecule has 0 fully saturated rings. The quantitative estimate of drug-likeness (QED) is 0.147. The van der Waals surface area contributed by atoms with Crippen LogP contribution >= 0.6 is 55.1 Å². The number of halogens is 4. The van der Waals surface area contributed by atoms with E-state index < -0.39 is 17.1 Å². The lowest BCUT2D eigenvalue weighted by molar-refractivity contribution is -0.0114. The normalized spacial score (nSPS) is 11.0. The van der Waals surface area contributed by atoms with Crippen molar-refractivity contribution in [2.75, 3.05) is 6.54 Å². The van der Waals surface area contributed by atoms with Crippen LogP contribution in [0.2, 0.25) is 10.0 Å². The highest BCUT2D eigenvalue weighted by atomic mass is 79.9. The van der Waals surface area contributed by atoms with Crippen molar-refractivity contribution in [3.63, 3.8) is 0 Å². The molecule has 0 unspecified atom stereocenters. The van der Waals surface area contributed by atoms with Gasteiger partial charge < -0.3 is 20.3 Å². The van der Waals surface area contributed by atoms with Gasteiger partial charge in [-0.15, -0.1) is 0 Å². The summed E-state index contributed by atoms with van der Waals surface area (Å²) in [4.78, 5) is 35.5. The summed E-state index contributed by atoms with van der Waals surface area (Å²) in [6.07, 6.45) is 0. The van der Waals surface area contributed by atoms with E-state index in [1.807, 2.05) is 95.3 Å². The molecule has 0 aromatic heterocycles. The summed E-state index contributed by atoms with van der Waals surface area (Å²) in [5.74, 6) is 0.927. The summed E-state index contributed by atoms with van der Waals surface area (Å²) >= 11 is 18.6. The number of carbonyl (C=O) groups is 2. The molecule has 0 saturated carbocycles. The molecule has 0 radical (unpaired) electrons. The van der Waals surface area contributed by atoms with Crippen molar-refractivity contribution in [3.8, 4) is 11.5 Å². The number of nitrogens with one attached hydrogen (secondary N) is 3. The Bertz CT molecular complexity index is 1570. The molecule has 0 bridgehead atoms. The third-order valence-electron chi connectivity index (χ3n) is 6.50. The first-order chi connectivity index (χ1) is 21.7. The van der Waals surface area contributed by atoms with Gasteiger partial charge in [-0.05, 0) is 70.0 Å². The van der Waals surface area contributed by atoms with Gasteiger partial charge in [0.15, 0.2) is 11.5 Å². The number of hydrogen-bond acceptors (Lipinski definition) is 4. The molecule has 4 amide bonds. The molecule has 244 valence electrons. The molecule has 0 saturated heterocycles. The van der Waals surface area contributed by atoms with Gasteiger partial charge >= 0.3 is 12.1 Å². The summed E-state index contributed by atoms with van der Waals surface area (Å²) in [6.45, 7) is 9.96. The Balaban J connectivity index is 0.000000251. The van der Waals surface area contributed by atoms with Crippen LogP contribution in [0, 0.1) is 0 Å². The summed E-state index contributed by atoms with van der Waals surface area (Å²) in [5.41, 5.74) is 3.31. The molecule has 3 N–H and O–H groups in total. The highest BCUT2D eigenvalue weighted by Crippen LogP contribution is 2.26. The number of hydroxylamine groups is 3. The van der Waals surface area contributed by atoms with E-state index in [-0.39, 0.29) is 6.03 Å². The molecule has 0 aliphatic carbocycles. The molecule has 0 spiro atoms. The van der Waals surface area contributed by atoms with E-state index >= 15 is 0 Å². The number of rotatable bonds is 9. The van der Waals surface area contributed by atoms with Gasteiger partial charge in [-0.1, -0.05) is 116 Å². The van der Waals surface area contributed by atoms with E-state index in [0.717, 1.165) is 20.1 Å². The Morgan fingerprint density at radius 2 is 1.17 bits per heavy atom. The molecule has 8 nitrogen and oxygen atoms in total. The average molecular weight is 795 g/mol. The van der Waals surface area contributed by atoms with Crippen molar-refractivity contribution in [2.45, 2.75) is 45.7 Å². The van der Waals surface area contributed by atoms with Gasteiger partial charge in [0.2, 0.25) is 0 Å². The van der Waals surface area contributed by atoms with E-state index in [1.165, 1.54) is 5.06 Å². The van der Waals surface area contributed by atoms with Gasteiger partial charge in [-0.25, -0.2) is 9.59 Å². The third kappa shape index (κ3) is 11.7. The number of carbonyl (C=O) groups excluding carboxylic acids is 2. The van der Waals surface area contributed by atoms with Crippen LogP contribution in [0.4, 0.5) is 9.59 Å². The van der Waals surface area contributed by atoms with Crippen LogP contribution in [0.25, 0.3) is 0 Å². The summed E-state index contributed by atoms with van der Waals surface area (Å²) in [6, 6.07) is 28.9. The van der Waals surface area contributed by atoms with Crippen LogP contribution in [-0.4, -0.2) is 23.7 Å². The fraction of sp³-hybridized carbons (Fsp3) is 0.235. The summed E-state index contributed by atoms with van der Waals surface area (Å²) in [5, 5.41) is 8.15. The second-order valence-corrected chi connectivity index (χ2v) is 13.8. The SMILES string of the molecule is CC(C)(NC(=O)NOc1cc(Cl)cc(Br)c1)c1ccccc1.CCN(Oc1cc(Cl)cc(Br)c1)C(=O)NC(C)(C)c1ccccc1. The molecule has 0 heterocycles. The average Bonchev–Trinajstić information content (AvgIpc) is 2.99. The zero-order valence-electron chi connectivity index (χ0n) is 26.0. The number of benzene rings is 4. The number of urea groups is 2. The lowest BCUT2D eigenvalue weighted by Gasteiger charge is -2.30. The molecule has 12 heteroatoms.